The average molecular weight is 391 g/mol. The summed E-state index contributed by atoms with van der Waals surface area (Å²) in [7, 11) is 0. The molecule has 0 saturated heterocycles. The maximum Gasteiger partial charge on any atom is 0.248 e. The zero-order chi connectivity index (χ0) is 18.4. The lowest BCUT2D eigenvalue weighted by Gasteiger charge is -2.09. The molecule has 9 heteroatoms. The third-order valence-electron chi connectivity index (χ3n) is 3.34. The molecule has 0 saturated carbocycles. The van der Waals surface area contributed by atoms with Gasteiger partial charge in [-0.1, -0.05) is 28.9 Å². The Balaban J connectivity index is 1.64. The van der Waals surface area contributed by atoms with Crippen LogP contribution in [0, 0.1) is 6.92 Å². The zero-order valence-electron chi connectivity index (χ0n) is 14.5. The molecule has 0 aliphatic rings. The first-order valence-electron chi connectivity index (χ1n) is 8.16. The van der Waals surface area contributed by atoms with Crippen LogP contribution in [0.25, 0.3) is 11.4 Å². The Kier molecular flexibility index (Phi) is 6.19. The van der Waals surface area contributed by atoms with Crippen LogP contribution in [0.4, 0.5) is 0 Å². The number of aryl methyl sites for hydroxylation is 1. The van der Waals surface area contributed by atoms with E-state index < -0.39 is 0 Å². The molecule has 2 aromatic heterocycles. The maximum absolute atomic E-state index is 6.00. The van der Waals surface area contributed by atoms with Crippen LogP contribution < -0.4 is 10.6 Å². The largest absolute Gasteiger partial charge is 0.357 e. The minimum Gasteiger partial charge on any atom is -0.357 e. The highest BCUT2D eigenvalue weighted by Crippen LogP contribution is 2.20. The number of nitrogens with zero attached hydrogens (tertiary/aromatic N) is 4. The molecule has 0 atom stereocenters. The Morgan fingerprint density at radius 3 is 2.96 bits per heavy atom. The van der Waals surface area contributed by atoms with E-state index in [9.17, 15) is 0 Å². The smallest absolute Gasteiger partial charge is 0.248 e. The van der Waals surface area contributed by atoms with Gasteiger partial charge in [0.25, 0.3) is 0 Å². The highest BCUT2D eigenvalue weighted by atomic mass is 35.5. The van der Waals surface area contributed by atoms with E-state index in [4.69, 9.17) is 16.1 Å². The Morgan fingerprint density at radius 1 is 1.35 bits per heavy atom. The van der Waals surface area contributed by atoms with Crippen molar-refractivity contribution in [2.24, 2.45) is 4.99 Å². The Hall–Kier alpha value is -2.45. The van der Waals surface area contributed by atoms with Crippen LogP contribution in [0.2, 0.25) is 5.02 Å². The van der Waals surface area contributed by atoms with Crippen molar-refractivity contribution in [1.29, 1.82) is 0 Å². The second kappa shape index (κ2) is 8.77. The molecule has 3 aromatic rings. The van der Waals surface area contributed by atoms with E-state index in [0.29, 0.717) is 29.2 Å². The van der Waals surface area contributed by atoms with Crippen molar-refractivity contribution in [3.63, 3.8) is 0 Å². The highest BCUT2D eigenvalue weighted by molar-refractivity contribution is 7.11. The summed E-state index contributed by atoms with van der Waals surface area (Å²) in [4.78, 5) is 14.4. The molecule has 0 aliphatic carbocycles. The predicted molar refractivity (Wildman–Crippen MR) is 103 cm³/mol. The van der Waals surface area contributed by atoms with Crippen molar-refractivity contribution in [2.75, 3.05) is 6.54 Å². The summed E-state index contributed by atoms with van der Waals surface area (Å²) in [5.74, 6) is 1.60. The SMILES string of the molecule is CCNC(=NCc1nc(-c2cccc(Cl)c2)no1)NCc1ncc(C)s1. The molecule has 3 rings (SSSR count). The molecule has 0 bridgehead atoms. The number of nitrogens with one attached hydrogen (secondary N) is 2. The normalized spacial score (nSPS) is 11.6. The molecular formula is C17H19ClN6OS. The quantitative estimate of drug-likeness (QED) is 0.495. The van der Waals surface area contributed by atoms with Gasteiger partial charge in [-0.3, -0.25) is 0 Å². The van der Waals surface area contributed by atoms with Crippen LogP contribution in [-0.2, 0) is 13.1 Å². The lowest BCUT2D eigenvalue weighted by Crippen LogP contribution is -2.36. The summed E-state index contributed by atoms with van der Waals surface area (Å²) >= 11 is 7.65. The van der Waals surface area contributed by atoms with E-state index in [1.54, 1.807) is 23.5 Å². The van der Waals surface area contributed by atoms with Gasteiger partial charge in [-0.2, -0.15) is 4.98 Å². The molecule has 26 heavy (non-hydrogen) atoms. The summed E-state index contributed by atoms with van der Waals surface area (Å²) in [5.41, 5.74) is 0.806. The minimum atomic E-state index is 0.278. The molecule has 0 amide bonds. The third-order valence-corrected chi connectivity index (χ3v) is 4.49. The van der Waals surface area contributed by atoms with Gasteiger partial charge < -0.3 is 15.2 Å². The Bertz CT molecular complexity index is 891. The standard InChI is InChI=1S/C17H19ClN6OS/c1-3-19-17(22-10-15-20-8-11(2)26-15)21-9-14-23-16(24-25-14)12-5-4-6-13(18)7-12/h4-8H,3,9-10H2,1-2H3,(H2,19,21,22). The molecule has 0 aliphatic heterocycles. The summed E-state index contributed by atoms with van der Waals surface area (Å²) < 4.78 is 5.28. The van der Waals surface area contributed by atoms with Crippen molar-refractivity contribution in [3.05, 3.63) is 51.3 Å². The third kappa shape index (κ3) is 5.03. The van der Waals surface area contributed by atoms with Gasteiger partial charge in [0.05, 0.1) is 6.54 Å². The van der Waals surface area contributed by atoms with Crippen molar-refractivity contribution in [1.82, 2.24) is 25.8 Å². The van der Waals surface area contributed by atoms with Gasteiger partial charge in [0.1, 0.15) is 11.6 Å². The summed E-state index contributed by atoms with van der Waals surface area (Å²) in [6.07, 6.45) is 1.86. The summed E-state index contributed by atoms with van der Waals surface area (Å²) in [5, 5.41) is 12.1. The molecule has 2 N–H and O–H groups in total. The van der Waals surface area contributed by atoms with Crippen molar-refractivity contribution >= 4 is 28.9 Å². The minimum absolute atomic E-state index is 0.278. The van der Waals surface area contributed by atoms with Crippen LogP contribution >= 0.6 is 22.9 Å². The van der Waals surface area contributed by atoms with Crippen LogP contribution in [0.15, 0.2) is 40.0 Å². The lowest BCUT2D eigenvalue weighted by molar-refractivity contribution is 0.380. The van der Waals surface area contributed by atoms with Crippen molar-refractivity contribution in [2.45, 2.75) is 26.9 Å². The zero-order valence-corrected chi connectivity index (χ0v) is 16.1. The summed E-state index contributed by atoms with van der Waals surface area (Å²) in [6.45, 7) is 5.68. The number of benzene rings is 1. The first-order chi connectivity index (χ1) is 12.6. The number of rotatable bonds is 6. The van der Waals surface area contributed by atoms with Gasteiger partial charge in [0, 0.05) is 28.2 Å². The van der Waals surface area contributed by atoms with E-state index in [1.807, 2.05) is 32.2 Å². The van der Waals surface area contributed by atoms with Gasteiger partial charge in [0.15, 0.2) is 5.96 Å². The fraction of sp³-hybridized carbons (Fsp3) is 0.294. The molecule has 0 radical (unpaired) electrons. The monoisotopic (exact) mass is 390 g/mol. The van der Waals surface area contributed by atoms with E-state index in [2.05, 4.69) is 30.8 Å². The van der Waals surface area contributed by atoms with E-state index in [1.165, 1.54) is 4.88 Å². The van der Waals surface area contributed by atoms with Crippen LogP contribution in [0.5, 0.6) is 0 Å². The number of aliphatic imine (C=N–C) groups is 1. The number of thiazole rings is 1. The van der Waals surface area contributed by atoms with Gasteiger partial charge in [0.2, 0.25) is 11.7 Å². The van der Waals surface area contributed by atoms with Crippen molar-refractivity contribution in [3.8, 4) is 11.4 Å². The fourth-order valence-corrected chi connectivity index (χ4v) is 3.11. The van der Waals surface area contributed by atoms with Gasteiger partial charge in [-0.25, -0.2) is 9.98 Å². The molecule has 7 nitrogen and oxygen atoms in total. The first kappa shape index (κ1) is 18.3. The van der Waals surface area contributed by atoms with Crippen LogP contribution in [0.1, 0.15) is 22.7 Å². The van der Waals surface area contributed by atoms with Gasteiger partial charge in [-0.05, 0) is 26.0 Å². The predicted octanol–water partition coefficient (Wildman–Crippen LogP) is 3.41. The maximum atomic E-state index is 6.00. The Morgan fingerprint density at radius 2 is 2.23 bits per heavy atom. The molecular weight excluding hydrogens is 372 g/mol. The summed E-state index contributed by atoms with van der Waals surface area (Å²) in [6, 6.07) is 7.32. The molecule has 0 unspecified atom stereocenters. The molecule has 0 fully saturated rings. The second-order valence-electron chi connectivity index (χ2n) is 5.44. The second-order valence-corrected chi connectivity index (χ2v) is 7.19. The topological polar surface area (TPSA) is 88.2 Å². The number of halogens is 1. The van der Waals surface area contributed by atoms with E-state index in [-0.39, 0.29) is 6.54 Å². The number of aromatic nitrogens is 3. The molecule has 0 spiro atoms. The number of guanidine groups is 1. The number of hydrogen-bond donors (Lipinski definition) is 2. The van der Waals surface area contributed by atoms with Crippen LogP contribution in [-0.4, -0.2) is 27.6 Å². The van der Waals surface area contributed by atoms with Gasteiger partial charge in [-0.15, -0.1) is 11.3 Å². The first-order valence-corrected chi connectivity index (χ1v) is 9.35. The highest BCUT2D eigenvalue weighted by Gasteiger charge is 2.09. The number of hydrogen-bond acceptors (Lipinski definition) is 6. The molecule has 1 aromatic carbocycles. The van der Waals surface area contributed by atoms with Gasteiger partial charge >= 0.3 is 0 Å². The van der Waals surface area contributed by atoms with Crippen molar-refractivity contribution < 1.29 is 4.52 Å². The lowest BCUT2D eigenvalue weighted by atomic mass is 10.2. The fourth-order valence-electron chi connectivity index (χ4n) is 2.19. The molecule has 2 heterocycles. The average Bonchev–Trinajstić information content (AvgIpc) is 3.26. The molecule has 136 valence electrons. The Labute approximate surface area is 160 Å². The van der Waals surface area contributed by atoms with E-state index in [0.717, 1.165) is 17.1 Å². The van der Waals surface area contributed by atoms with E-state index >= 15 is 0 Å². The van der Waals surface area contributed by atoms with Crippen LogP contribution in [0.3, 0.4) is 0 Å².